The molecule has 0 aromatic heterocycles. The average Bonchev–Trinajstić information content (AvgIpc) is 3.00. The summed E-state index contributed by atoms with van der Waals surface area (Å²) < 4.78 is 5.74. The Morgan fingerprint density at radius 2 is 1.67 bits per heavy atom. The summed E-state index contributed by atoms with van der Waals surface area (Å²) in [4.78, 5) is 65.0. The lowest BCUT2D eigenvalue weighted by molar-refractivity contribution is -0.141. The molecule has 4 amide bonds. The van der Waals surface area contributed by atoms with Crippen molar-refractivity contribution in [2.75, 3.05) is 6.61 Å². The molecular weight excluding hydrogens is 578 g/mol. The van der Waals surface area contributed by atoms with Crippen LogP contribution >= 0.6 is 0 Å². The fourth-order valence-corrected chi connectivity index (χ4v) is 4.72. The lowest BCUT2D eigenvalue weighted by Crippen LogP contribution is -2.59. The standard InChI is InChI=1S/C33H43N5O7/c1-20(2)17-25(34)29(39)37-27-19-23-12-14-24(15-13-23)45-16-8-7-11-26(30(40)35-21(3)33(43)44)36-31(41)28(38-32(27)42)18-22-9-5-4-6-10-22/h4-10,12-15,20-21,25-28H,11,16-19,34H2,1-3H3,(H,35,40)(H,36,41)(H,37,39)(H,38,42)(H,43,44)/b8-7+/t21-,25-,26-,27-,28-/m0/s1. The summed E-state index contributed by atoms with van der Waals surface area (Å²) in [6.07, 6.45) is 4.00. The lowest BCUT2D eigenvalue weighted by atomic mass is 10.0. The van der Waals surface area contributed by atoms with Crippen LogP contribution in [0.3, 0.4) is 0 Å². The Labute approximate surface area is 263 Å². The summed E-state index contributed by atoms with van der Waals surface area (Å²) in [5.41, 5.74) is 7.61. The first kappa shape index (κ1) is 34.8. The van der Waals surface area contributed by atoms with Gasteiger partial charge in [0.1, 0.15) is 36.5 Å². The second-order valence-electron chi connectivity index (χ2n) is 11.5. The van der Waals surface area contributed by atoms with Crippen LogP contribution in [0.1, 0.15) is 44.7 Å². The van der Waals surface area contributed by atoms with Crippen molar-refractivity contribution in [1.29, 1.82) is 0 Å². The Bertz CT molecular complexity index is 1350. The molecule has 0 saturated heterocycles. The van der Waals surface area contributed by atoms with E-state index in [1.165, 1.54) is 6.92 Å². The number of rotatable bonds is 9. The third-order valence-corrected chi connectivity index (χ3v) is 7.22. The molecule has 0 unspecified atom stereocenters. The van der Waals surface area contributed by atoms with Crippen molar-refractivity contribution >= 4 is 29.6 Å². The molecule has 2 aliphatic heterocycles. The van der Waals surface area contributed by atoms with E-state index in [0.717, 1.165) is 11.1 Å². The van der Waals surface area contributed by atoms with Gasteiger partial charge >= 0.3 is 5.97 Å². The van der Waals surface area contributed by atoms with Gasteiger partial charge in [0.2, 0.25) is 23.6 Å². The third-order valence-electron chi connectivity index (χ3n) is 7.22. The zero-order chi connectivity index (χ0) is 32.9. The first-order valence-electron chi connectivity index (χ1n) is 15.0. The summed E-state index contributed by atoms with van der Waals surface area (Å²) >= 11 is 0. The van der Waals surface area contributed by atoms with Gasteiger partial charge in [-0.3, -0.25) is 24.0 Å². The molecule has 0 spiro atoms. The highest BCUT2D eigenvalue weighted by Gasteiger charge is 2.31. The van der Waals surface area contributed by atoms with Gasteiger partial charge in [0, 0.05) is 12.8 Å². The van der Waals surface area contributed by atoms with Gasteiger partial charge < -0.3 is 36.8 Å². The van der Waals surface area contributed by atoms with Crippen LogP contribution in [0.2, 0.25) is 0 Å². The number of carboxylic acid groups (broad SMARTS) is 1. The largest absolute Gasteiger partial charge is 0.490 e. The highest BCUT2D eigenvalue weighted by atomic mass is 16.5. The second-order valence-corrected chi connectivity index (χ2v) is 11.5. The monoisotopic (exact) mass is 621 g/mol. The van der Waals surface area contributed by atoms with Gasteiger partial charge in [-0.05, 0) is 48.9 Å². The summed E-state index contributed by atoms with van der Waals surface area (Å²) in [7, 11) is 0. The molecule has 242 valence electrons. The number of amides is 4. The number of nitrogens with two attached hydrogens (primary N) is 1. The molecule has 0 fully saturated rings. The molecular formula is C33H43N5O7. The zero-order valence-electron chi connectivity index (χ0n) is 25.8. The number of carbonyl (C=O) groups is 5. The van der Waals surface area contributed by atoms with Crippen LogP contribution < -0.4 is 31.7 Å². The van der Waals surface area contributed by atoms with E-state index >= 15 is 0 Å². The highest BCUT2D eigenvalue weighted by molar-refractivity contribution is 5.95. The van der Waals surface area contributed by atoms with Gasteiger partial charge in [0.15, 0.2) is 0 Å². The van der Waals surface area contributed by atoms with Crippen molar-refractivity contribution in [3.63, 3.8) is 0 Å². The van der Waals surface area contributed by atoms with E-state index in [1.807, 2.05) is 19.9 Å². The van der Waals surface area contributed by atoms with Crippen LogP contribution in [0.4, 0.5) is 0 Å². The maximum Gasteiger partial charge on any atom is 0.325 e. The molecule has 5 atom stereocenters. The number of hydrogen-bond donors (Lipinski definition) is 6. The Kier molecular flexibility index (Phi) is 13.1. The van der Waals surface area contributed by atoms with Crippen LogP contribution in [0.25, 0.3) is 0 Å². The van der Waals surface area contributed by atoms with Crippen molar-refractivity contribution in [2.24, 2.45) is 11.7 Å². The van der Waals surface area contributed by atoms with Gasteiger partial charge in [-0.25, -0.2) is 0 Å². The van der Waals surface area contributed by atoms with Gasteiger partial charge in [-0.15, -0.1) is 0 Å². The maximum absolute atomic E-state index is 13.8. The Morgan fingerprint density at radius 3 is 2.31 bits per heavy atom. The molecule has 0 radical (unpaired) electrons. The molecule has 2 heterocycles. The van der Waals surface area contributed by atoms with E-state index < -0.39 is 59.8 Å². The molecule has 2 aromatic carbocycles. The minimum absolute atomic E-state index is 0.0324. The zero-order valence-corrected chi connectivity index (χ0v) is 25.8. The molecule has 2 aliphatic rings. The number of carboxylic acids is 1. The van der Waals surface area contributed by atoms with Crippen molar-refractivity contribution in [3.8, 4) is 5.75 Å². The summed E-state index contributed by atoms with van der Waals surface area (Å²) in [5, 5.41) is 19.9. The van der Waals surface area contributed by atoms with Gasteiger partial charge in [0.25, 0.3) is 0 Å². The predicted octanol–water partition coefficient (Wildman–Crippen LogP) is 1.23. The second kappa shape index (κ2) is 17.0. The van der Waals surface area contributed by atoms with Gasteiger partial charge in [-0.1, -0.05) is 68.5 Å². The number of carbonyl (C=O) groups excluding carboxylic acids is 4. The van der Waals surface area contributed by atoms with Crippen molar-refractivity contribution in [3.05, 3.63) is 77.9 Å². The minimum atomic E-state index is -1.23. The molecule has 45 heavy (non-hydrogen) atoms. The minimum Gasteiger partial charge on any atom is -0.490 e. The van der Waals surface area contributed by atoms with Crippen LogP contribution in [0, 0.1) is 5.92 Å². The Hall–Kier alpha value is -4.71. The van der Waals surface area contributed by atoms with Crippen molar-refractivity contribution < 1.29 is 33.8 Å². The van der Waals surface area contributed by atoms with E-state index in [2.05, 4.69) is 21.3 Å². The number of benzene rings is 2. The van der Waals surface area contributed by atoms with Crippen LogP contribution in [0.15, 0.2) is 66.7 Å². The number of fused-ring (bicyclic) bond motifs is 13. The van der Waals surface area contributed by atoms with Gasteiger partial charge in [-0.2, -0.15) is 0 Å². The van der Waals surface area contributed by atoms with Crippen LogP contribution in [0.5, 0.6) is 5.75 Å². The molecule has 2 bridgehead atoms. The predicted molar refractivity (Wildman–Crippen MR) is 168 cm³/mol. The summed E-state index contributed by atoms with van der Waals surface area (Å²) in [6, 6.07) is 10.7. The molecule has 2 aromatic rings. The van der Waals surface area contributed by atoms with Crippen LogP contribution in [-0.2, 0) is 36.8 Å². The van der Waals surface area contributed by atoms with Crippen molar-refractivity contribution in [1.82, 2.24) is 21.3 Å². The molecule has 12 heteroatoms. The SMILES string of the molecule is CC(C)C[C@H](N)C(=O)N[C@H]1Cc2ccc(cc2)OC/C=C/C[C@@H](C(=O)N[C@@H](C)C(=O)O)NC(=O)[C@H](Cc2ccccc2)NC1=O. The Morgan fingerprint density at radius 1 is 0.978 bits per heavy atom. The smallest absolute Gasteiger partial charge is 0.325 e. The normalized spacial score (nSPS) is 21.3. The average molecular weight is 622 g/mol. The Balaban J connectivity index is 1.97. The first-order chi connectivity index (χ1) is 21.4. The maximum atomic E-state index is 13.8. The summed E-state index contributed by atoms with van der Waals surface area (Å²) in [5.74, 6) is -2.97. The van der Waals surface area contributed by atoms with E-state index in [1.54, 1.807) is 60.7 Å². The third kappa shape index (κ3) is 11.4. The molecule has 0 aliphatic carbocycles. The molecule has 12 nitrogen and oxygen atoms in total. The van der Waals surface area contributed by atoms with Crippen molar-refractivity contribution in [2.45, 2.75) is 76.7 Å². The van der Waals surface area contributed by atoms with Crippen LogP contribution in [-0.4, -0.2) is 71.5 Å². The van der Waals surface area contributed by atoms with E-state index in [4.69, 9.17) is 10.5 Å². The first-order valence-corrected chi connectivity index (χ1v) is 15.0. The highest BCUT2D eigenvalue weighted by Crippen LogP contribution is 2.15. The fraction of sp³-hybridized carbons (Fsp3) is 0.424. The fourth-order valence-electron chi connectivity index (χ4n) is 4.72. The number of nitrogens with one attached hydrogen (secondary N) is 4. The molecule has 4 rings (SSSR count). The summed E-state index contributed by atoms with van der Waals surface area (Å²) in [6.45, 7) is 5.37. The lowest BCUT2D eigenvalue weighted by Gasteiger charge is -2.26. The van der Waals surface area contributed by atoms with Gasteiger partial charge in [0.05, 0.1) is 6.04 Å². The number of aliphatic carboxylic acids is 1. The van der Waals surface area contributed by atoms with E-state index in [-0.39, 0.29) is 31.8 Å². The number of hydrogen-bond acceptors (Lipinski definition) is 7. The van der Waals surface area contributed by atoms with E-state index in [0.29, 0.717) is 12.2 Å². The molecule has 0 saturated carbocycles. The molecule has 7 N–H and O–H groups in total. The topological polar surface area (TPSA) is 189 Å². The van der Waals surface area contributed by atoms with E-state index in [9.17, 15) is 29.1 Å². The number of ether oxygens (including phenoxy) is 1. The quantitative estimate of drug-likeness (QED) is 0.225.